The Bertz CT molecular complexity index is 861. The highest BCUT2D eigenvalue weighted by Crippen LogP contribution is 2.31. The van der Waals surface area contributed by atoms with E-state index in [2.05, 4.69) is 15.1 Å². The van der Waals surface area contributed by atoms with Crippen LogP contribution in [0.2, 0.25) is 0 Å². The van der Waals surface area contributed by atoms with Gasteiger partial charge in [-0.1, -0.05) is 12.1 Å². The first-order chi connectivity index (χ1) is 11.4. The number of aryl methyl sites for hydroxylation is 1. The lowest BCUT2D eigenvalue weighted by Gasteiger charge is -2.36. The van der Waals surface area contributed by atoms with Crippen molar-refractivity contribution >= 4 is 27.3 Å². The van der Waals surface area contributed by atoms with E-state index in [0.29, 0.717) is 6.54 Å². The number of fused-ring (bicyclic) bond motifs is 1. The van der Waals surface area contributed by atoms with Gasteiger partial charge in [0, 0.05) is 26.3 Å². The van der Waals surface area contributed by atoms with Crippen LogP contribution in [-0.2, 0) is 21.9 Å². The number of benzene rings is 1. The van der Waals surface area contributed by atoms with Crippen LogP contribution in [0.4, 0.5) is 11.4 Å². The van der Waals surface area contributed by atoms with E-state index in [0.717, 1.165) is 11.4 Å². The fourth-order valence-corrected chi connectivity index (χ4v) is 3.66. The monoisotopic (exact) mass is 349 g/mol. The Balaban J connectivity index is 1.71. The van der Waals surface area contributed by atoms with E-state index in [1.165, 1.54) is 17.1 Å². The van der Waals surface area contributed by atoms with Gasteiger partial charge in [0.2, 0.25) is 15.9 Å². The summed E-state index contributed by atoms with van der Waals surface area (Å²) in [4.78, 5) is 14.1. The molecule has 1 amide bonds. The van der Waals surface area contributed by atoms with Crippen LogP contribution in [-0.4, -0.2) is 43.2 Å². The van der Waals surface area contributed by atoms with Crippen LogP contribution in [0.3, 0.4) is 0 Å². The number of rotatable bonds is 5. The Morgan fingerprint density at radius 2 is 2.08 bits per heavy atom. The third-order valence-corrected chi connectivity index (χ3v) is 5.37. The van der Waals surface area contributed by atoms with Gasteiger partial charge in [-0.15, -0.1) is 0 Å². The molecule has 8 nitrogen and oxygen atoms in total. The van der Waals surface area contributed by atoms with E-state index in [9.17, 15) is 13.2 Å². The molecule has 0 bridgehead atoms. The van der Waals surface area contributed by atoms with Crippen LogP contribution in [0.5, 0.6) is 0 Å². The molecule has 9 heteroatoms. The molecule has 2 N–H and O–H groups in total. The van der Waals surface area contributed by atoms with Gasteiger partial charge in [-0.2, -0.15) is 5.10 Å². The molecule has 0 fully saturated rings. The predicted molar refractivity (Wildman–Crippen MR) is 90.3 cm³/mol. The summed E-state index contributed by atoms with van der Waals surface area (Å²) in [7, 11) is -1.95. The van der Waals surface area contributed by atoms with Crippen molar-refractivity contribution in [2.45, 2.75) is 17.9 Å². The highest BCUT2D eigenvalue weighted by atomic mass is 32.2. The summed E-state index contributed by atoms with van der Waals surface area (Å²) in [6.07, 6.45) is 2.74. The smallest absolute Gasteiger partial charge is 0.246 e. The van der Waals surface area contributed by atoms with Crippen molar-refractivity contribution in [3.8, 4) is 0 Å². The number of hydrogen-bond acceptors (Lipinski definition) is 5. The number of sulfonamides is 1. The quantitative estimate of drug-likeness (QED) is 0.822. The minimum absolute atomic E-state index is 0.108. The molecule has 3 rings (SSSR count). The number of hydrogen-bond donors (Lipinski definition) is 2. The topological polar surface area (TPSA) is 96.3 Å². The fraction of sp³-hybridized carbons (Fsp3) is 0.333. The first kappa shape index (κ1) is 16.5. The first-order valence-corrected chi connectivity index (χ1v) is 9.01. The molecule has 0 spiro atoms. The summed E-state index contributed by atoms with van der Waals surface area (Å²) in [5.74, 6) is -0.108. The largest absolute Gasteiger partial charge is 0.357 e. The number of nitrogens with zero attached hydrogens (tertiary/aromatic N) is 3. The molecule has 2 aromatic rings. The number of carbonyl (C=O) groups is 1. The summed E-state index contributed by atoms with van der Waals surface area (Å²) >= 11 is 0. The SMILES string of the molecule is CC1C(=O)Nc2ccccc2N1CCNS(=O)(=O)c1cnn(C)c1. The Morgan fingerprint density at radius 3 is 2.79 bits per heavy atom. The van der Waals surface area contributed by atoms with Crippen molar-refractivity contribution in [3.05, 3.63) is 36.7 Å². The molecule has 128 valence electrons. The standard InChI is InChI=1S/C15H19N5O3S/c1-11-15(21)18-13-5-3-4-6-14(13)20(11)8-7-17-24(22,23)12-9-16-19(2)10-12/h3-6,9-11,17H,7-8H2,1-2H3,(H,18,21). The molecular weight excluding hydrogens is 330 g/mol. The molecule has 1 unspecified atom stereocenters. The molecule has 1 aliphatic heterocycles. The first-order valence-electron chi connectivity index (χ1n) is 7.53. The molecule has 0 saturated carbocycles. The Hall–Kier alpha value is -2.39. The zero-order valence-corrected chi connectivity index (χ0v) is 14.2. The van der Waals surface area contributed by atoms with Gasteiger partial charge in [-0.3, -0.25) is 9.48 Å². The zero-order valence-electron chi connectivity index (χ0n) is 13.4. The van der Waals surface area contributed by atoms with E-state index >= 15 is 0 Å². The maximum Gasteiger partial charge on any atom is 0.246 e. The van der Waals surface area contributed by atoms with Gasteiger partial charge in [0.1, 0.15) is 10.9 Å². The van der Waals surface area contributed by atoms with E-state index in [-0.39, 0.29) is 23.4 Å². The third-order valence-electron chi connectivity index (χ3n) is 3.95. The van der Waals surface area contributed by atoms with Crippen molar-refractivity contribution < 1.29 is 13.2 Å². The lowest BCUT2D eigenvalue weighted by Crippen LogP contribution is -2.48. The molecule has 2 heterocycles. The lowest BCUT2D eigenvalue weighted by molar-refractivity contribution is -0.117. The molecule has 24 heavy (non-hydrogen) atoms. The second-order valence-corrected chi connectivity index (χ2v) is 7.39. The average molecular weight is 349 g/mol. The second kappa shape index (κ2) is 6.25. The Kier molecular flexibility index (Phi) is 4.29. The molecule has 1 aliphatic rings. The van der Waals surface area contributed by atoms with Gasteiger partial charge in [0.15, 0.2) is 0 Å². The average Bonchev–Trinajstić information content (AvgIpc) is 2.98. The van der Waals surface area contributed by atoms with Crippen molar-refractivity contribution in [2.75, 3.05) is 23.3 Å². The number of anilines is 2. The molecular formula is C15H19N5O3S. The van der Waals surface area contributed by atoms with Crippen LogP contribution in [0.25, 0.3) is 0 Å². The van der Waals surface area contributed by atoms with Crippen molar-refractivity contribution in [1.29, 1.82) is 0 Å². The zero-order chi connectivity index (χ0) is 17.3. The lowest BCUT2D eigenvalue weighted by atomic mass is 10.1. The van der Waals surface area contributed by atoms with Crippen molar-refractivity contribution in [2.24, 2.45) is 7.05 Å². The van der Waals surface area contributed by atoms with Crippen LogP contribution < -0.4 is 14.9 Å². The Morgan fingerprint density at radius 1 is 1.33 bits per heavy atom. The van der Waals surface area contributed by atoms with Gasteiger partial charge >= 0.3 is 0 Å². The van der Waals surface area contributed by atoms with Crippen LogP contribution >= 0.6 is 0 Å². The fourth-order valence-electron chi connectivity index (χ4n) is 2.65. The highest BCUT2D eigenvalue weighted by molar-refractivity contribution is 7.89. The van der Waals surface area contributed by atoms with E-state index < -0.39 is 10.0 Å². The van der Waals surface area contributed by atoms with Crippen molar-refractivity contribution in [3.63, 3.8) is 0 Å². The molecule has 1 aromatic heterocycles. The number of para-hydroxylation sites is 2. The van der Waals surface area contributed by atoms with Crippen LogP contribution in [0.1, 0.15) is 6.92 Å². The van der Waals surface area contributed by atoms with Crippen molar-refractivity contribution in [1.82, 2.24) is 14.5 Å². The molecule has 0 radical (unpaired) electrons. The maximum absolute atomic E-state index is 12.2. The normalized spacial score (nSPS) is 17.5. The molecule has 0 aliphatic carbocycles. The van der Waals surface area contributed by atoms with E-state index in [1.807, 2.05) is 29.2 Å². The minimum atomic E-state index is -3.61. The minimum Gasteiger partial charge on any atom is -0.357 e. The van der Waals surface area contributed by atoms with Gasteiger partial charge in [0.05, 0.1) is 17.6 Å². The Labute approximate surface area is 140 Å². The van der Waals surface area contributed by atoms with E-state index in [1.54, 1.807) is 14.0 Å². The number of amides is 1. The predicted octanol–water partition coefficient (Wildman–Crippen LogP) is 0.546. The second-order valence-electron chi connectivity index (χ2n) is 5.62. The van der Waals surface area contributed by atoms with Crippen LogP contribution in [0.15, 0.2) is 41.6 Å². The maximum atomic E-state index is 12.2. The molecule has 1 aromatic carbocycles. The van der Waals surface area contributed by atoms with E-state index in [4.69, 9.17) is 0 Å². The summed E-state index contributed by atoms with van der Waals surface area (Å²) in [5.41, 5.74) is 1.61. The summed E-state index contributed by atoms with van der Waals surface area (Å²) < 4.78 is 28.4. The number of nitrogens with one attached hydrogen (secondary N) is 2. The van der Waals surface area contributed by atoms with Gasteiger partial charge < -0.3 is 10.2 Å². The van der Waals surface area contributed by atoms with Gasteiger partial charge in [0.25, 0.3) is 0 Å². The van der Waals surface area contributed by atoms with Gasteiger partial charge in [-0.25, -0.2) is 13.1 Å². The van der Waals surface area contributed by atoms with Gasteiger partial charge in [-0.05, 0) is 19.1 Å². The summed E-state index contributed by atoms with van der Waals surface area (Å²) in [6, 6.07) is 7.09. The summed E-state index contributed by atoms with van der Waals surface area (Å²) in [5, 5.41) is 6.71. The highest BCUT2D eigenvalue weighted by Gasteiger charge is 2.29. The van der Waals surface area contributed by atoms with Crippen LogP contribution in [0, 0.1) is 0 Å². The number of carbonyl (C=O) groups excluding carboxylic acids is 1. The third kappa shape index (κ3) is 3.13. The number of aromatic nitrogens is 2. The molecule has 1 atom stereocenters. The summed E-state index contributed by atoms with van der Waals surface area (Å²) in [6.45, 7) is 2.36. The molecule has 0 saturated heterocycles.